The van der Waals surface area contributed by atoms with Gasteiger partial charge in [-0.05, 0) is 12.1 Å². The number of hydrogen-bond donors (Lipinski definition) is 2. The van der Waals surface area contributed by atoms with Gasteiger partial charge in [0.25, 0.3) is 0 Å². The van der Waals surface area contributed by atoms with E-state index in [1.165, 1.54) is 10.7 Å². The van der Waals surface area contributed by atoms with Crippen molar-refractivity contribution in [1.29, 1.82) is 0 Å². The van der Waals surface area contributed by atoms with Crippen LogP contribution in [0.1, 0.15) is 0 Å². The van der Waals surface area contributed by atoms with Crippen LogP contribution in [-0.2, 0) is 11.3 Å². The summed E-state index contributed by atoms with van der Waals surface area (Å²) >= 11 is 13.1. The number of hydrogen-bond acceptors (Lipinski definition) is 6. The largest absolute Gasteiger partial charge is 0.382 e. The number of halogens is 2. The predicted octanol–water partition coefficient (Wildman–Crippen LogP) is 2.42. The molecule has 0 saturated carbocycles. The van der Waals surface area contributed by atoms with Crippen molar-refractivity contribution in [3.8, 4) is 0 Å². The minimum Gasteiger partial charge on any atom is -0.382 e. The molecule has 1 aromatic carbocycles. The minimum atomic E-state index is -0.309. The molecule has 7 nitrogen and oxygen atoms in total. The molecular weight excluding hydrogens is 335 g/mol. The van der Waals surface area contributed by atoms with Gasteiger partial charge in [0.05, 0.1) is 27.5 Å². The molecule has 3 N–H and O–H groups in total. The maximum Gasteiger partial charge on any atom is 0.246 e. The number of nitrogens with zero attached hydrogens (tertiary/aromatic N) is 4. The van der Waals surface area contributed by atoms with E-state index in [-0.39, 0.29) is 12.5 Å². The second kappa shape index (κ2) is 5.47. The molecule has 0 atom stereocenters. The van der Waals surface area contributed by atoms with Crippen LogP contribution in [-0.4, -0.2) is 24.4 Å². The van der Waals surface area contributed by atoms with Crippen molar-refractivity contribution in [2.45, 2.75) is 6.54 Å². The van der Waals surface area contributed by atoms with Crippen molar-refractivity contribution in [3.05, 3.63) is 28.4 Å². The monoisotopic (exact) mass is 342 g/mol. The zero-order valence-corrected chi connectivity index (χ0v) is 12.7. The smallest absolute Gasteiger partial charge is 0.246 e. The number of rotatable bonds is 3. The van der Waals surface area contributed by atoms with Crippen LogP contribution in [0.5, 0.6) is 0 Å². The molecule has 0 aliphatic heterocycles. The number of amides is 1. The molecule has 3 rings (SSSR count). The average Bonchev–Trinajstić information content (AvgIpc) is 3.04. The quantitative estimate of drug-likeness (QED) is 0.761. The van der Waals surface area contributed by atoms with E-state index in [1.807, 2.05) is 0 Å². The van der Waals surface area contributed by atoms with Gasteiger partial charge in [-0.1, -0.05) is 23.2 Å². The Labute approximate surface area is 133 Å². The van der Waals surface area contributed by atoms with Crippen LogP contribution in [0.25, 0.3) is 11.0 Å². The number of carbonyl (C=O) groups is 1. The number of nitrogens with one attached hydrogen (secondary N) is 1. The van der Waals surface area contributed by atoms with E-state index in [9.17, 15) is 4.79 Å². The number of carbonyl (C=O) groups excluding carboxylic acids is 1. The molecule has 0 unspecified atom stereocenters. The molecule has 0 aliphatic rings. The van der Waals surface area contributed by atoms with E-state index in [0.29, 0.717) is 32.6 Å². The van der Waals surface area contributed by atoms with E-state index in [4.69, 9.17) is 28.9 Å². The Kier molecular flexibility index (Phi) is 3.66. The molecule has 2 aromatic heterocycles. The number of benzene rings is 1. The van der Waals surface area contributed by atoms with Crippen LogP contribution in [0.4, 0.5) is 11.5 Å². The van der Waals surface area contributed by atoms with Gasteiger partial charge >= 0.3 is 0 Å². The summed E-state index contributed by atoms with van der Waals surface area (Å²) in [4.78, 5) is 12.0. The van der Waals surface area contributed by atoms with E-state index in [2.05, 4.69) is 19.2 Å². The highest BCUT2D eigenvalue weighted by molar-refractivity contribution is 7.00. The van der Waals surface area contributed by atoms with Gasteiger partial charge in [0.15, 0.2) is 0 Å². The average molecular weight is 343 g/mol. The van der Waals surface area contributed by atoms with E-state index < -0.39 is 0 Å². The lowest BCUT2D eigenvalue weighted by Crippen LogP contribution is -2.19. The van der Waals surface area contributed by atoms with Crippen molar-refractivity contribution in [2.75, 3.05) is 11.1 Å². The van der Waals surface area contributed by atoms with Gasteiger partial charge in [-0.25, -0.2) is 0 Å². The zero-order chi connectivity index (χ0) is 15.0. The standard InChI is InChI=1S/C11H8Cl2N6OS/c12-5-3-6(13)10-11(18-21-17-10)9(5)15-8(20)4-19-2-1-7(14)16-19/h1-3H,4H2,(H2,14,16)(H,15,20). The maximum atomic E-state index is 12.0. The minimum absolute atomic E-state index is 0.00914. The first-order valence-electron chi connectivity index (χ1n) is 5.73. The fourth-order valence-electron chi connectivity index (χ4n) is 1.78. The molecule has 21 heavy (non-hydrogen) atoms. The van der Waals surface area contributed by atoms with Gasteiger partial charge in [0.2, 0.25) is 5.91 Å². The van der Waals surface area contributed by atoms with E-state index in [0.717, 1.165) is 11.7 Å². The third-order valence-electron chi connectivity index (χ3n) is 2.68. The number of aromatic nitrogens is 4. The topological polar surface area (TPSA) is 98.7 Å². The summed E-state index contributed by atoms with van der Waals surface area (Å²) in [6.45, 7) is 0.00914. The molecule has 0 fully saturated rings. The molecule has 1 amide bonds. The SMILES string of the molecule is Nc1ccn(CC(=O)Nc2c(Cl)cc(Cl)c3nsnc23)n1. The Hall–Kier alpha value is -1.90. The van der Waals surface area contributed by atoms with Gasteiger partial charge in [-0.2, -0.15) is 13.8 Å². The second-order valence-corrected chi connectivity index (χ2v) is 5.51. The molecule has 0 bridgehead atoms. The predicted molar refractivity (Wildman–Crippen MR) is 82.7 cm³/mol. The first-order chi connectivity index (χ1) is 10.0. The van der Waals surface area contributed by atoms with Gasteiger partial charge in [0, 0.05) is 6.20 Å². The van der Waals surface area contributed by atoms with E-state index in [1.54, 1.807) is 12.3 Å². The molecular formula is C11H8Cl2N6OS. The third-order valence-corrected chi connectivity index (χ3v) is 3.79. The fraction of sp³-hybridized carbons (Fsp3) is 0.0909. The summed E-state index contributed by atoms with van der Waals surface area (Å²) in [6.07, 6.45) is 1.61. The first kappa shape index (κ1) is 14.1. The van der Waals surface area contributed by atoms with Crippen LogP contribution in [0.3, 0.4) is 0 Å². The number of nitrogen functional groups attached to an aromatic ring is 1. The number of fused-ring (bicyclic) bond motifs is 1. The second-order valence-electron chi connectivity index (χ2n) is 4.16. The lowest BCUT2D eigenvalue weighted by atomic mass is 10.2. The van der Waals surface area contributed by atoms with Crippen LogP contribution in [0, 0.1) is 0 Å². The molecule has 10 heteroatoms. The third kappa shape index (κ3) is 2.78. The highest BCUT2D eigenvalue weighted by atomic mass is 35.5. The molecule has 2 heterocycles. The van der Waals surface area contributed by atoms with Gasteiger partial charge in [-0.15, -0.1) is 0 Å². The summed E-state index contributed by atoms with van der Waals surface area (Å²) in [5, 5.41) is 7.32. The Bertz CT molecular complexity index is 829. The molecule has 0 radical (unpaired) electrons. The Morgan fingerprint density at radius 3 is 2.81 bits per heavy atom. The van der Waals surface area contributed by atoms with Crippen molar-refractivity contribution >= 4 is 63.4 Å². The number of anilines is 2. The zero-order valence-electron chi connectivity index (χ0n) is 10.4. The van der Waals surface area contributed by atoms with Crippen LogP contribution < -0.4 is 11.1 Å². The summed E-state index contributed by atoms with van der Waals surface area (Å²) in [5.74, 6) is 0.0371. The van der Waals surface area contributed by atoms with Crippen LogP contribution in [0.2, 0.25) is 10.0 Å². The van der Waals surface area contributed by atoms with E-state index >= 15 is 0 Å². The molecule has 0 aliphatic carbocycles. The Morgan fingerprint density at radius 2 is 2.10 bits per heavy atom. The van der Waals surface area contributed by atoms with Crippen molar-refractivity contribution < 1.29 is 4.79 Å². The van der Waals surface area contributed by atoms with Gasteiger partial charge in [0.1, 0.15) is 23.4 Å². The van der Waals surface area contributed by atoms with Crippen molar-refractivity contribution in [2.24, 2.45) is 0 Å². The summed E-state index contributed by atoms with van der Waals surface area (Å²) in [6, 6.07) is 3.12. The normalized spacial score (nSPS) is 11.0. The number of nitrogens with two attached hydrogens (primary N) is 1. The van der Waals surface area contributed by atoms with Gasteiger partial charge < -0.3 is 11.1 Å². The van der Waals surface area contributed by atoms with Crippen LogP contribution in [0.15, 0.2) is 18.3 Å². The highest BCUT2D eigenvalue weighted by Crippen LogP contribution is 2.35. The van der Waals surface area contributed by atoms with Gasteiger partial charge in [-0.3, -0.25) is 9.48 Å². The van der Waals surface area contributed by atoms with Crippen LogP contribution >= 0.6 is 34.9 Å². The lowest BCUT2D eigenvalue weighted by molar-refractivity contribution is -0.116. The van der Waals surface area contributed by atoms with Crippen molar-refractivity contribution in [3.63, 3.8) is 0 Å². The summed E-state index contributed by atoms with van der Waals surface area (Å²) < 4.78 is 9.60. The molecule has 108 valence electrons. The Morgan fingerprint density at radius 1 is 1.33 bits per heavy atom. The lowest BCUT2D eigenvalue weighted by Gasteiger charge is -2.08. The summed E-state index contributed by atoms with van der Waals surface area (Å²) in [5.41, 5.74) is 6.84. The molecule has 3 aromatic rings. The van der Waals surface area contributed by atoms with Crippen molar-refractivity contribution in [1.82, 2.24) is 18.5 Å². The molecule has 0 saturated heterocycles. The fourth-order valence-corrected chi connectivity index (χ4v) is 2.94. The maximum absolute atomic E-state index is 12.0. The highest BCUT2D eigenvalue weighted by Gasteiger charge is 2.16. The first-order valence-corrected chi connectivity index (χ1v) is 7.22. The summed E-state index contributed by atoms with van der Waals surface area (Å²) in [7, 11) is 0. The Balaban J connectivity index is 1.87. The molecule has 0 spiro atoms.